The molecule has 1 heterocycles. The van der Waals surface area contributed by atoms with Gasteiger partial charge in [-0.3, -0.25) is 4.90 Å². The minimum Gasteiger partial charge on any atom is -0.330 e. The van der Waals surface area contributed by atoms with Crippen molar-refractivity contribution in [3.05, 3.63) is 33.8 Å². The lowest BCUT2D eigenvalue weighted by molar-refractivity contribution is 0.318. The Morgan fingerprint density at radius 2 is 2.19 bits per heavy atom. The average Bonchev–Trinajstić information content (AvgIpc) is 2.71. The van der Waals surface area contributed by atoms with Gasteiger partial charge in [0.2, 0.25) is 0 Å². The second kappa shape index (κ2) is 5.37. The zero-order valence-corrected chi connectivity index (χ0v) is 10.6. The van der Waals surface area contributed by atoms with Crippen molar-refractivity contribution in [1.82, 2.24) is 4.90 Å². The Kier molecular flexibility index (Phi) is 4.09. The quantitative estimate of drug-likeness (QED) is 0.904. The molecule has 0 radical (unpaired) electrons. The number of nitrogens with two attached hydrogens (primary N) is 1. The molecule has 1 aromatic rings. The van der Waals surface area contributed by atoms with E-state index < -0.39 is 0 Å². The number of hydrogen-bond acceptors (Lipinski definition) is 2. The molecule has 2 N–H and O–H groups in total. The number of benzene rings is 1. The second-order valence-electron chi connectivity index (χ2n) is 4.36. The summed E-state index contributed by atoms with van der Waals surface area (Å²) in [5.41, 5.74) is 6.77. The van der Waals surface area contributed by atoms with Gasteiger partial charge in [0.1, 0.15) is 0 Å². The van der Waals surface area contributed by atoms with Crippen molar-refractivity contribution in [1.29, 1.82) is 0 Å². The summed E-state index contributed by atoms with van der Waals surface area (Å²) < 4.78 is 0. The van der Waals surface area contributed by atoms with Crippen molar-refractivity contribution in [2.24, 2.45) is 11.7 Å². The SMILES string of the molecule is NCC1CCN(Cc2cc(Cl)ccc2Cl)C1. The van der Waals surface area contributed by atoms with Crippen LogP contribution in [0.4, 0.5) is 0 Å². The summed E-state index contributed by atoms with van der Waals surface area (Å²) in [7, 11) is 0. The summed E-state index contributed by atoms with van der Waals surface area (Å²) in [6.07, 6.45) is 1.19. The Labute approximate surface area is 106 Å². The van der Waals surface area contributed by atoms with Crippen LogP contribution in [0, 0.1) is 5.92 Å². The van der Waals surface area contributed by atoms with Crippen LogP contribution in [0.25, 0.3) is 0 Å². The van der Waals surface area contributed by atoms with Crippen molar-refractivity contribution < 1.29 is 0 Å². The second-order valence-corrected chi connectivity index (χ2v) is 5.20. The van der Waals surface area contributed by atoms with E-state index in [0.717, 1.165) is 41.8 Å². The molecule has 1 atom stereocenters. The van der Waals surface area contributed by atoms with E-state index in [9.17, 15) is 0 Å². The summed E-state index contributed by atoms with van der Waals surface area (Å²) in [5.74, 6) is 0.637. The molecule has 0 aliphatic carbocycles. The van der Waals surface area contributed by atoms with Gasteiger partial charge in [-0.15, -0.1) is 0 Å². The van der Waals surface area contributed by atoms with Crippen molar-refractivity contribution in [2.45, 2.75) is 13.0 Å². The van der Waals surface area contributed by atoms with Gasteiger partial charge >= 0.3 is 0 Å². The van der Waals surface area contributed by atoms with E-state index in [4.69, 9.17) is 28.9 Å². The summed E-state index contributed by atoms with van der Waals surface area (Å²) >= 11 is 12.1. The smallest absolute Gasteiger partial charge is 0.0452 e. The molecule has 2 nitrogen and oxygen atoms in total. The fourth-order valence-electron chi connectivity index (χ4n) is 2.15. The predicted molar refractivity (Wildman–Crippen MR) is 68.9 cm³/mol. The van der Waals surface area contributed by atoms with Gasteiger partial charge in [0.05, 0.1) is 0 Å². The number of nitrogens with zero attached hydrogens (tertiary/aromatic N) is 1. The predicted octanol–water partition coefficient (Wildman–Crippen LogP) is 2.77. The highest BCUT2D eigenvalue weighted by atomic mass is 35.5. The van der Waals surface area contributed by atoms with Crippen molar-refractivity contribution in [2.75, 3.05) is 19.6 Å². The number of hydrogen-bond donors (Lipinski definition) is 1. The first-order valence-electron chi connectivity index (χ1n) is 5.55. The molecule has 0 spiro atoms. The van der Waals surface area contributed by atoms with Crippen LogP contribution in [0.2, 0.25) is 10.0 Å². The Morgan fingerprint density at radius 1 is 1.38 bits per heavy atom. The maximum absolute atomic E-state index is 6.13. The van der Waals surface area contributed by atoms with Crippen LogP contribution in [0.5, 0.6) is 0 Å². The Bertz CT molecular complexity index is 368. The van der Waals surface area contributed by atoms with Gasteiger partial charge in [-0.25, -0.2) is 0 Å². The van der Waals surface area contributed by atoms with Gasteiger partial charge in [-0.05, 0) is 49.2 Å². The molecule has 0 saturated carbocycles. The third-order valence-electron chi connectivity index (χ3n) is 3.11. The molecule has 0 bridgehead atoms. The molecule has 1 unspecified atom stereocenters. The Hall–Kier alpha value is -0.280. The van der Waals surface area contributed by atoms with E-state index in [1.165, 1.54) is 6.42 Å². The van der Waals surface area contributed by atoms with E-state index in [1.807, 2.05) is 18.2 Å². The Morgan fingerprint density at radius 3 is 2.88 bits per heavy atom. The van der Waals surface area contributed by atoms with E-state index in [2.05, 4.69) is 4.90 Å². The fraction of sp³-hybridized carbons (Fsp3) is 0.500. The van der Waals surface area contributed by atoms with Crippen LogP contribution in [-0.2, 0) is 6.54 Å². The van der Waals surface area contributed by atoms with Gasteiger partial charge in [0.15, 0.2) is 0 Å². The van der Waals surface area contributed by atoms with E-state index in [0.29, 0.717) is 5.92 Å². The zero-order chi connectivity index (χ0) is 11.5. The van der Waals surface area contributed by atoms with Crippen molar-refractivity contribution in [3.8, 4) is 0 Å². The molecule has 1 aliphatic heterocycles. The van der Waals surface area contributed by atoms with Gasteiger partial charge in [-0.1, -0.05) is 23.2 Å². The lowest BCUT2D eigenvalue weighted by Gasteiger charge is -2.16. The highest BCUT2D eigenvalue weighted by molar-refractivity contribution is 6.33. The highest BCUT2D eigenvalue weighted by Crippen LogP contribution is 2.24. The first-order valence-corrected chi connectivity index (χ1v) is 6.31. The molecule has 1 saturated heterocycles. The third kappa shape index (κ3) is 2.89. The number of halogens is 2. The summed E-state index contributed by atoms with van der Waals surface area (Å²) in [6, 6.07) is 5.62. The number of rotatable bonds is 3. The van der Waals surface area contributed by atoms with Crippen LogP contribution >= 0.6 is 23.2 Å². The monoisotopic (exact) mass is 258 g/mol. The average molecular weight is 259 g/mol. The summed E-state index contributed by atoms with van der Waals surface area (Å²) in [4.78, 5) is 2.38. The standard InChI is InChI=1S/C12H16Cl2N2/c13-11-1-2-12(14)10(5-11)8-16-4-3-9(6-15)7-16/h1-2,5,9H,3-4,6-8,15H2. The van der Waals surface area contributed by atoms with Crippen LogP contribution in [-0.4, -0.2) is 24.5 Å². The minimum absolute atomic E-state index is 0.637. The maximum atomic E-state index is 6.13. The highest BCUT2D eigenvalue weighted by Gasteiger charge is 2.21. The fourth-order valence-corrected chi connectivity index (χ4v) is 2.53. The minimum atomic E-state index is 0.637. The van der Waals surface area contributed by atoms with E-state index >= 15 is 0 Å². The molecule has 0 aromatic heterocycles. The Balaban J connectivity index is 2.01. The molecule has 88 valence electrons. The largest absolute Gasteiger partial charge is 0.330 e. The molecule has 1 fully saturated rings. The lowest BCUT2D eigenvalue weighted by Crippen LogP contribution is -2.22. The topological polar surface area (TPSA) is 29.3 Å². The van der Waals surface area contributed by atoms with Gasteiger partial charge < -0.3 is 5.73 Å². The molecule has 1 aliphatic rings. The molecule has 2 rings (SSSR count). The first kappa shape index (κ1) is 12.2. The van der Waals surface area contributed by atoms with Crippen LogP contribution in [0.1, 0.15) is 12.0 Å². The van der Waals surface area contributed by atoms with Crippen molar-refractivity contribution >= 4 is 23.2 Å². The molecular formula is C12H16Cl2N2. The number of likely N-dealkylation sites (tertiary alicyclic amines) is 1. The van der Waals surface area contributed by atoms with E-state index in [1.54, 1.807) is 0 Å². The summed E-state index contributed by atoms with van der Waals surface area (Å²) in [6.45, 7) is 3.82. The molecule has 4 heteroatoms. The van der Waals surface area contributed by atoms with Gasteiger partial charge in [0, 0.05) is 23.1 Å². The van der Waals surface area contributed by atoms with E-state index in [-0.39, 0.29) is 0 Å². The first-order chi connectivity index (χ1) is 7.69. The van der Waals surface area contributed by atoms with Gasteiger partial charge in [0.25, 0.3) is 0 Å². The van der Waals surface area contributed by atoms with Crippen LogP contribution in [0.15, 0.2) is 18.2 Å². The summed E-state index contributed by atoms with van der Waals surface area (Å²) in [5, 5.41) is 1.54. The third-order valence-corrected chi connectivity index (χ3v) is 3.71. The molecule has 0 amide bonds. The molecule has 1 aromatic carbocycles. The maximum Gasteiger partial charge on any atom is 0.0452 e. The normalized spacial score (nSPS) is 21.6. The molecule has 16 heavy (non-hydrogen) atoms. The zero-order valence-electron chi connectivity index (χ0n) is 9.13. The van der Waals surface area contributed by atoms with Crippen LogP contribution < -0.4 is 5.73 Å². The van der Waals surface area contributed by atoms with Crippen molar-refractivity contribution in [3.63, 3.8) is 0 Å². The van der Waals surface area contributed by atoms with Crippen LogP contribution in [0.3, 0.4) is 0 Å². The molecular weight excluding hydrogens is 243 g/mol. The van der Waals surface area contributed by atoms with Gasteiger partial charge in [-0.2, -0.15) is 0 Å². The lowest BCUT2D eigenvalue weighted by atomic mass is 10.1.